The Balaban J connectivity index is 2.15. The van der Waals surface area contributed by atoms with E-state index in [1.807, 2.05) is 12.1 Å². The average Bonchev–Trinajstić information content (AvgIpc) is 2.86. The number of H-pyrrole nitrogens is 1. The first-order valence-corrected chi connectivity index (χ1v) is 7.10. The Morgan fingerprint density at radius 2 is 2.05 bits per heavy atom. The van der Waals surface area contributed by atoms with E-state index < -0.39 is 0 Å². The summed E-state index contributed by atoms with van der Waals surface area (Å²) in [6.45, 7) is 0. The highest BCUT2D eigenvalue weighted by atomic mass is 79.9. The van der Waals surface area contributed by atoms with E-state index in [2.05, 4.69) is 20.9 Å². The second kappa shape index (κ2) is 4.96. The van der Waals surface area contributed by atoms with E-state index in [0.717, 1.165) is 15.4 Å². The molecule has 2 aromatic carbocycles. The molecule has 0 saturated heterocycles. The standard InChI is InChI=1S/C15H10BrClN2O/c16-10-5-4-8(6-12(10)18)15(20)9-7-19-13-3-1-2-11(17)14(9)13/h1-7,19H,18H2. The maximum atomic E-state index is 12.6. The van der Waals surface area contributed by atoms with Gasteiger partial charge in [0, 0.05) is 38.4 Å². The van der Waals surface area contributed by atoms with Gasteiger partial charge in [0.15, 0.2) is 5.78 Å². The number of nitrogens with two attached hydrogens (primary N) is 1. The maximum Gasteiger partial charge on any atom is 0.195 e. The maximum absolute atomic E-state index is 12.6. The second-order valence-corrected chi connectivity index (χ2v) is 5.69. The summed E-state index contributed by atoms with van der Waals surface area (Å²) in [7, 11) is 0. The van der Waals surface area contributed by atoms with Crippen molar-refractivity contribution < 1.29 is 4.79 Å². The van der Waals surface area contributed by atoms with Gasteiger partial charge in [0.05, 0.1) is 5.02 Å². The zero-order valence-electron chi connectivity index (χ0n) is 10.3. The minimum absolute atomic E-state index is 0.108. The third-order valence-electron chi connectivity index (χ3n) is 3.16. The number of aromatic nitrogens is 1. The normalized spacial score (nSPS) is 10.9. The number of aromatic amines is 1. The summed E-state index contributed by atoms with van der Waals surface area (Å²) < 4.78 is 0.769. The Hall–Kier alpha value is -1.78. The summed E-state index contributed by atoms with van der Waals surface area (Å²) in [5, 5.41) is 1.29. The fraction of sp³-hybridized carbons (Fsp3) is 0. The molecule has 0 aliphatic rings. The van der Waals surface area contributed by atoms with Gasteiger partial charge >= 0.3 is 0 Å². The molecule has 1 heterocycles. The second-order valence-electron chi connectivity index (χ2n) is 4.43. The molecule has 0 fully saturated rings. The lowest BCUT2D eigenvalue weighted by atomic mass is 10.0. The molecule has 1 aromatic heterocycles. The van der Waals surface area contributed by atoms with E-state index in [1.54, 1.807) is 30.5 Å². The van der Waals surface area contributed by atoms with Crippen LogP contribution in [-0.4, -0.2) is 10.8 Å². The molecule has 0 spiro atoms. The van der Waals surface area contributed by atoms with Crippen molar-refractivity contribution in [2.45, 2.75) is 0 Å². The molecule has 3 aromatic rings. The van der Waals surface area contributed by atoms with Gasteiger partial charge in [0.25, 0.3) is 0 Å². The first kappa shape index (κ1) is 13.2. The number of benzene rings is 2. The fourth-order valence-corrected chi connectivity index (χ4v) is 2.68. The van der Waals surface area contributed by atoms with Gasteiger partial charge in [-0.05, 0) is 46.3 Å². The highest BCUT2D eigenvalue weighted by Gasteiger charge is 2.16. The number of carbonyl (C=O) groups excluding carboxylic acids is 1. The molecule has 0 unspecified atom stereocenters. The van der Waals surface area contributed by atoms with Gasteiger partial charge in [-0.25, -0.2) is 0 Å². The minimum atomic E-state index is -0.108. The van der Waals surface area contributed by atoms with Crippen molar-refractivity contribution in [1.82, 2.24) is 4.98 Å². The quantitative estimate of drug-likeness (QED) is 0.532. The lowest BCUT2D eigenvalue weighted by Crippen LogP contribution is -2.01. The van der Waals surface area contributed by atoms with Crippen LogP contribution in [0.1, 0.15) is 15.9 Å². The summed E-state index contributed by atoms with van der Waals surface area (Å²) in [5.41, 5.74) is 8.27. The number of hydrogen-bond donors (Lipinski definition) is 2. The van der Waals surface area contributed by atoms with Crippen molar-refractivity contribution in [1.29, 1.82) is 0 Å². The highest BCUT2D eigenvalue weighted by molar-refractivity contribution is 9.10. The number of hydrogen-bond acceptors (Lipinski definition) is 2. The number of rotatable bonds is 2. The lowest BCUT2D eigenvalue weighted by molar-refractivity contribution is 0.104. The summed E-state index contributed by atoms with van der Waals surface area (Å²) in [5.74, 6) is -0.108. The highest BCUT2D eigenvalue weighted by Crippen LogP contribution is 2.29. The predicted octanol–water partition coefficient (Wildman–Crippen LogP) is 4.40. The molecule has 20 heavy (non-hydrogen) atoms. The molecule has 0 amide bonds. The van der Waals surface area contributed by atoms with Crippen LogP contribution >= 0.6 is 27.5 Å². The van der Waals surface area contributed by atoms with Crippen molar-refractivity contribution in [3.05, 3.63) is 63.2 Å². The van der Waals surface area contributed by atoms with Crippen LogP contribution in [0, 0.1) is 0 Å². The first-order valence-electron chi connectivity index (χ1n) is 5.93. The molecule has 0 bridgehead atoms. The lowest BCUT2D eigenvalue weighted by Gasteiger charge is -2.04. The number of halogens is 2. The van der Waals surface area contributed by atoms with Crippen molar-refractivity contribution in [2.75, 3.05) is 5.73 Å². The van der Waals surface area contributed by atoms with Crippen LogP contribution in [0.25, 0.3) is 10.9 Å². The molecule has 3 N–H and O–H groups in total. The van der Waals surface area contributed by atoms with Crippen LogP contribution in [-0.2, 0) is 0 Å². The van der Waals surface area contributed by atoms with Crippen LogP contribution in [0.15, 0.2) is 47.1 Å². The van der Waals surface area contributed by atoms with E-state index >= 15 is 0 Å². The van der Waals surface area contributed by atoms with Gasteiger partial charge in [-0.1, -0.05) is 17.7 Å². The van der Waals surface area contributed by atoms with Crippen molar-refractivity contribution >= 4 is 49.9 Å². The van der Waals surface area contributed by atoms with Crippen molar-refractivity contribution in [3.63, 3.8) is 0 Å². The van der Waals surface area contributed by atoms with E-state index in [4.69, 9.17) is 17.3 Å². The van der Waals surface area contributed by atoms with E-state index in [9.17, 15) is 4.79 Å². The molecule has 5 heteroatoms. The Morgan fingerprint density at radius 1 is 1.25 bits per heavy atom. The van der Waals surface area contributed by atoms with Crippen molar-refractivity contribution in [2.24, 2.45) is 0 Å². The zero-order chi connectivity index (χ0) is 14.3. The molecular formula is C15H10BrClN2O. The van der Waals surface area contributed by atoms with E-state index in [1.165, 1.54) is 0 Å². The predicted molar refractivity (Wildman–Crippen MR) is 85.3 cm³/mol. The SMILES string of the molecule is Nc1cc(C(=O)c2c[nH]c3cccc(Cl)c23)ccc1Br. The smallest absolute Gasteiger partial charge is 0.195 e. The first-order chi connectivity index (χ1) is 9.58. The molecule has 0 atom stereocenters. The Labute approximate surface area is 128 Å². The summed E-state index contributed by atoms with van der Waals surface area (Å²) >= 11 is 9.50. The molecular weight excluding hydrogens is 340 g/mol. The average molecular weight is 350 g/mol. The Morgan fingerprint density at radius 3 is 2.80 bits per heavy atom. The van der Waals surface area contributed by atoms with Crippen LogP contribution in [0.3, 0.4) is 0 Å². The largest absolute Gasteiger partial charge is 0.398 e. The number of anilines is 1. The van der Waals surface area contributed by atoms with Crippen LogP contribution in [0.5, 0.6) is 0 Å². The minimum Gasteiger partial charge on any atom is -0.398 e. The van der Waals surface area contributed by atoms with E-state index in [0.29, 0.717) is 21.8 Å². The topological polar surface area (TPSA) is 58.9 Å². The van der Waals surface area contributed by atoms with Crippen LogP contribution in [0.4, 0.5) is 5.69 Å². The zero-order valence-corrected chi connectivity index (χ0v) is 12.6. The van der Waals surface area contributed by atoms with Crippen LogP contribution < -0.4 is 5.73 Å². The number of carbonyl (C=O) groups is 1. The van der Waals surface area contributed by atoms with Gasteiger partial charge < -0.3 is 10.7 Å². The molecule has 0 radical (unpaired) electrons. The van der Waals surface area contributed by atoms with Gasteiger partial charge in [-0.3, -0.25) is 4.79 Å². The molecule has 100 valence electrons. The molecule has 0 aliphatic heterocycles. The number of nitrogen functional groups attached to an aromatic ring is 1. The third-order valence-corrected chi connectivity index (χ3v) is 4.19. The Kier molecular flexibility index (Phi) is 3.28. The van der Waals surface area contributed by atoms with Gasteiger partial charge in [0.1, 0.15) is 0 Å². The van der Waals surface area contributed by atoms with Crippen molar-refractivity contribution in [3.8, 4) is 0 Å². The fourth-order valence-electron chi connectivity index (χ4n) is 2.16. The summed E-state index contributed by atoms with van der Waals surface area (Å²) in [4.78, 5) is 15.6. The molecule has 0 aliphatic carbocycles. The summed E-state index contributed by atoms with van der Waals surface area (Å²) in [6, 6.07) is 10.6. The monoisotopic (exact) mass is 348 g/mol. The number of nitrogens with one attached hydrogen (secondary N) is 1. The summed E-state index contributed by atoms with van der Waals surface area (Å²) in [6.07, 6.45) is 1.68. The Bertz CT molecular complexity index is 826. The van der Waals surface area contributed by atoms with Gasteiger partial charge in [-0.15, -0.1) is 0 Å². The van der Waals surface area contributed by atoms with Crippen LogP contribution in [0.2, 0.25) is 5.02 Å². The number of fused-ring (bicyclic) bond motifs is 1. The van der Waals surface area contributed by atoms with Gasteiger partial charge in [-0.2, -0.15) is 0 Å². The molecule has 3 nitrogen and oxygen atoms in total. The third kappa shape index (κ3) is 2.11. The number of ketones is 1. The van der Waals surface area contributed by atoms with E-state index in [-0.39, 0.29) is 5.78 Å². The molecule has 3 rings (SSSR count). The molecule has 0 saturated carbocycles. The van der Waals surface area contributed by atoms with Gasteiger partial charge in [0.2, 0.25) is 0 Å².